The summed E-state index contributed by atoms with van der Waals surface area (Å²) in [6.45, 7) is 1.38. The number of methoxy groups -OCH3 is 2. The van der Waals surface area contributed by atoms with Crippen LogP contribution < -0.4 is 14.8 Å². The summed E-state index contributed by atoms with van der Waals surface area (Å²) in [5, 5.41) is 7.60. The van der Waals surface area contributed by atoms with Crippen molar-refractivity contribution >= 4 is 11.8 Å². The number of nitrogens with one attached hydrogen (secondary N) is 1. The van der Waals surface area contributed by atoms with Crippen molar-refractivity contribution in [3.05, 3.63) is 113 Å². The second-order valence-electron chi connectivity index (χ2n) is 9.21. The van der Waals surface area contributed by atoms with Gasteiger partial charge in [0.1, 0.15) is 17.2 Å². The van der Waals surface area contributed by atoms with Gasteiger partial charge in [-0.3, -0.25) is 14.3 Å². The average molecular weight is 511 g/mol. The van der Waals surface area contributed by atoms with Crippen LogP contribution in [0.3, 0.4) is 0 Å². The summed E-state index contributed by atoms with van der Waals surface area (Å²) >= 11 is 0. The van der Waals surface area contributed by atoms with E-state index in [2.05, 4.69) is 10.4 Å². The molecule has 0 fully saturated rings. The number of carbonyl (C=O) groups is 2. The zero-order valence-corrected chi connectivity index (χ0v) is 21.5. The van der Waals surface area contributed by atoms with E-state index in [-0.39, 0.29) is 23.6 Å². The molecule has 1 N–H and O–H groups in total. The quantitative estimate of drug-likeness (QED) is 0.364. The number of amides is 2. The van der Waals surface area contributed by atoms with E-state index in [1.807, 2.05) is 72.8 Å². The molecule has 2 amide bonds. The molecule has 1 aliphatic heterocycles. The molecule has 194 valence electrons. The third kappa shape index (κ3) is 5.54. The van der Waals surface area contributed by atoms with Crippen molar-refractivity contribution in [2.45, 2.75) is 25.6 Å². The molecular weight excluding hydrogens is 480 g/mol. The first-order chi connectivity index (χ1) is 18.5. The van der Waals surface area contributed by atoms with E-state index in [1.54, 1.807) is 35.9 Å². The molecule has 8 heteroatoms. The summed E-state index contributed by atoms with van der Waals surface area (Å²) in [5.74, 6) is 0.842. The molecule has 38 heavy (non-hydrogen) atoms. The predicted molar refractivity (Wildman–Crippen MR) is 143 cm³/mol. The second-order valence-corrected chi connectivity index (χ2v) is 9.21. The van der Waals surface area contributed by atoms with Crippen LogP contribution in [0.25, 0.3) is 0 Å². The molecule has 0 radical (unpaired) electrons. The predicted octanol–water partition coefficient (Wildman–Crippen LogP) is 4.27. The maximum Gasteiger partial charge on any atom is 0.272 e. The second kappa shape index (κ2) is 11.2. The van der Waals surface area contributed by atoms with Gasteiger partial charge in [-0.05, 0) is 35.2 Å². The molecular formula is C30H30N4O4. The van der Waals surface area contributed by atoms with Crippen molar-refractivity contribution in [1.29, 1.82) is 0 Å². The number of ether oxygens (including phenoxy) is 2. The summed E-state index contributed by atoms with van der Waals surface area (Å²) in [7, 11) is 3.19. The van der Waals surface area contributed by atoms with Crippen molar-refractivity contribution in [1.82, 2.24) is 20.0 Å². The van der Waals surface area contributed by atoms with E-state index in [0.717, 1.165) is 16.7 Å². The van der Waals surface area contributed by atoms with E-state index in [4.69, 9.17) is 9.47 Å². The number of hydrogen-bond donors (Lipinski definition) is 1. The molecule has 1 atom stereocenters. The Kier molecular flexibility index (Phi) is 7.40. The summed E-state index contributed by atoms with van der Waals surface area (Å²) in [6.07, 6.45) is 0.640. The van der Waals surface area contributed by atoms with E-state index < -0.39 is 0 Å². The molecule has 0 spiro atoms. The normalized spacial score (nSPS) is 13.5. The van der Waals surface area contributed by atoms with Gasteiger partial charge in [-0.1, -0.05) is 60.7 Å². The Hall–Kier alpha value is -4.59. The molecule has 5 rings (SSSR count). The van der Waals surface area contributed by atoms with Gasteiger partial charge in [0.2, 0.25) is 0 Å². The van der Waals surface area contributed by atoms with E-state index in [9.17, 15) is 9.59 Å². The lowest BCUT2D eigenvalue weighted by molar-refractivity contribution is 0.0682. The maximum atomic E-state index is 13.3. The Balaban J connectivity index is 1.33. The first-order valence-corrected chi connectivity index (χ1v) is 12.5. The lowest BCUT2D eigenvalue weighted by Gasteiger charge is -2.27. The Labute approximate surface area is 221 Å². The van der Waals surface area contributed by atoms with E-state index >= 15 is 0 Å². The Morgan fingerprint density at radius 2 is 1.55 bits per heavy atom. The van der Waals surface area contributed by atoms with E-state index in [1.165, 1.54) is 0 Å². The first-order valence-electron chi connectivity index (χ1n) is 12.5. The molecule has 1 unspecified atom stereocenters. The fraction of sp³-hybridized carbons (Fsp3) is 0.233. The highest BCUT2D eigenvalue weighted by Crippen LogP contribution is 2.25. The van der Waals surface area contributed by atoms with Crippen LogP contribution in [0.5, 0.6) is 11.5 Å². The van der Waals surface area contributed by atoms with Crippen LogP contribution in [0, 0.1) is 0 Å². The number of rotatable bonds is 9. The van der Waals surface area contributed by atoms with Crippen molar-refractivity contribution in [2.75, 3.05) is 20.8 Å². The van der Waals surface area contributed by atoms with Gasteiger partial charge in [0.05, 0.1) is 26.8 Å². The molecule has 1 aromatic heterocycles. The summed E-state index contributed by atoms with van der Waals surface area (Å²) in [6, 6.07) is 26.8. The van der Waals surface area contributed by atoms with Crippen molar-refractivity contribution in [2.24, 2.45) is 0 Å². The number of benzene rings is 3. The van der Waals surface area contributed by atoms with Crippen LogP contribution in [0.1, 0.15) is 43.7 Å². The molecule has 1 aliphatic rings. The molecule has 0 saturated carbocycles. The molecule has 2 heterocycles. The number of nitrogens with zero attached hydrogens (tertiary/aromatic N) is 3. The van der Waals surface area contributed by atoms with Crippen LogP contribution >= 0.6 is 0 Å². The van der Waals surface area contributed by atoms with Crippen LogP contribution in [-0.2, 0) is 19.5 Å². The Bertz CT molecular complexity index is 1400. The first kappa shape index (κ1) is 25.1. The van der Waals surface area contributed by atoms with Gasteiger partial charge in [-0.25, -0.2) is 0 Å². The highest BCUT2D eigenvalue weighted by Gasteiger charge is 2.29. The molecule has 0 saturated heterocycles. The summed E-state index contributed by atoms with van der Waals surface area (Å²) in [4.78, 5) is 28.4. The minimum absolute atomic E-state index is 0.173. The summed E-state index contributed by atoms with van der Waals surface area (Å²) in [5.41, 5.74) is 3.64. The van der Waals surface area contributed by atoms with E-state index in [0.29, 0.717) is 43.2 Å². The third-order valence-electron chi connectivity index (χ3n) is 6.68. The van der Waals surface area contributed by atoms with Crippen LogP contribution in [-0.4, -0.2) is 47.3 Å². The summed E-state index contributed by atoms with van der Waals surface area (Å²) < 4.78 is 12.3. The standard InChI is InChI=1S/C30H30N4O4/c1-37-24-15-22(16-25(18-24)38-2)20-33-13-14-34-28(30(33)36)19-27(32-34)29(35)31-26(23-11-7-4-8-12-23)17-21-9-5-3-6-10-21/h3-12,15-16,18-19,26H,13-14,17,20H2,1-2H3,(H,31,35). The van der Waals surface area contributed by atoms with Crippen LogP contribution in [0.4, 0.5) is 0 Å². The monoisotopic (exact) mass is 510 g/mol. The number of aromatic nitrogens is 2. The van der Waals surface area contributed by atoms with Gasteiger partial charge in [-0.15, -0.1) is 0 Å². The SMILES string of the molecule is COc1cc(CN2CCn3nc(C(=O)NC(Cc4ccccc4)c4ccccc4)cc3C2=O)cc(OC)c1. The minimum Gasteiger partial charge on any atom is -0.497 e. The zero-order chi connectivity index (χ0) is 26.5. The van der Waals surface area contributed by atoms with Gasteiger partial charge >= 0.3 is 0 Å². The number of hydrogen-bond acceptors (Lipinski definition) is 5. The number of fused-ring (bicyclic) bond motifs is 1. The molecule has 8 nitrogen and oxygen atoms in total. The largest absolute Gasteiger partial charge is 0.497 e. The van der Waals surface area contributed by atoms with Crippen LogP contribution in [0.2, 0.25) is 0 Å². The third-order valence-corrected chi connectivity index (χ3v) is 6.68. The van der Waals surface area contributed by atoms with Gasteiger partial charge in [-0.2, -0.15) is 5.10 Å². The average Bonchev–Trinajstić information content (AvgIpc) is 3.40. The fourth-order valence-corrected chi connectivity index (χ4v) is 4.70. The Morgan fingerprint density at radius 3 is 2.21 bits per heavy atom. The van der Waals surface area contributed by atoms with Gasteiger partial charge in [0, 0.05) is 25.2 Å². The highest BCUT2D eigenvalue weighted by atomic mass is 16.5. The zero-order valence-electron chi connectivity index (χ0n) is 21.5. The molecule has 0 bridgehead atoms. The minimum atomic E-state index is -0.312. The Morgan fingerprint density at radius 1 is 0.895 bits per heavy atom. The smallest absolute Gasteiger partial charge is 0.272 e. The van der Waals surface area contributed by atoms with Crippen molar-refractivity contribution in [3.8, 4) is 11.5 Å². The topological polar surface area (TPSA) is 85.7 Å². The van der Waals surface area contributed by atoms with Gasteiger partial charge in [0.25, 0.3) is 11.8 Å². The lowest BCUT2D eigenvalue weighted by atomic mass is 9.98. The highest BCUT2D eigenvalue weighted by molar-refractivity contribution is 5.98. The van der Waals surface area contributed by atoms with Gasteiger partial charge in [0.15, 0.2) is 5.69 Å². The molecule has 3 aromatic carbocycles. The fourth-order valence-electron chi connectivity index (χ4n) is 4.70. The molecule has 0 aliphatic carbocycles. The van der Waals surface area contributed by atoms with Crippen molar-refractivity contribution < 1.29 is 19.1 Å². The van der Waals surface area contributed by atoms with Crippen LogP contribution in [0.15, 0.2) is 84.9 Å². The lowest BCUT2D eigenvalue weighted by Crippen LogP contribution is -2.39. The maximum absolute atomic E-state index is 13.3. The van der Waals surface area contributed by atoms with Gasteiger partial charge < -0.3 is 19.7 Å². The number of carbonyl (C=O) groups excluding carboxylic acids is 2. The molecule has 4 aromatic rings. The van der Waals surface area contributed by atoms with Crippen molar-refractivity contribution in [3.63, 3.8) is 0 Å².